The summed E-state index contributed by atoms with van der Waals surface area (Å²) in [6, 6.07) is 13.0. The van der Waals surface area contributed by atoms with Crippen LogP contribution in [0.5, 0.6) is 0 Å². The van der Waals surface area contributed by atoms with E-state index in [9.17, 15) is 0 Å². The Hall–Kier alpha value is -0.860. The Morgan fingerprint density at radius 2 is 1.90 bits per heavy atom. The average molecular weight is 288 g/mol. The van der Waals surface area contributed by atoms with E-state index < -0.39 is 0 Å². The Kier molecular flexibility index (Phi) is 6.72. The zero-order chi connectivity index (χ0) is 15.1. The van der Waals surface area contributed by atoms with Gasteiger partial charge in [-0.3, -0.25) is 4.90 Å². The van der Waals surface area contributed by atoms with E-state index in [0.29, 0.717) is 12.1 Å². The molecule has 0 spiro atoms. The van der Waals surface area contributed by atoms with Crippen molar-refractivity contribution in [1.29, 1.82) is 0 Å². The van der Waals surface area contributed by atoms with Gasteiger partial charge in [0.25, 0.3) is 0 Å². The lowest BCUT2D eigenvalue weighted by atomic mass is 10.0. The number of hydrogen-bond donors (Lipinski definition) is 1. The second-order valence-electron chi connectivity index (χ2n) is 6.46. The number of hydrogen-bond acceptors (Lipinski definition) is 2. The van der Waals surface area contributed by atoms with Crippen LogP contribution in [0.4, 0.5) is 0 Å². The Morgan fingerprint density at radius 3 is 2.48 bits per heavy atom. The lowest BCUT2D eigenvalue weighted by Gasteiger charge is -2.37. The van der Waals surface area contributed by atoms with Gasteiger partial charge in [-0.25, -0.2) is 0 Å². The SMILES string of the molecule is CCCCN(C(C)CC)C(CNC1CC1)c1ccccc1. The number of unbranched alkanes of at least 4 members (excludes halogenated alkanes) is 1. The molecule has 2 atom stereocenters. The molecule has 0 radical (unpaired) electrons. The second kappa shape index (κ2) is 8.55. The summed E-state index contributed by atoms with van der Waals surface area (Å²) in [5.74, 6) is 0. The van der Waals surface area contributed by atoms with Gasteiger partial charge in [-0.15, -0.1) is 0 Å². The van der Waals surface area contributed by atoms with Gasteiger partial charge >= 0.3 is 0 Å². The lowest BCUT2D eigenvalue weighted by Crippen LogP contribution is -2.42. The van der Waals surface area contributed by atoms with Crippen LogP contribution in [0.3, 0.4) is 0 Å². The van der Waals surface area contributed by atoms with Crippen molar-refractivity contribution in [2.24, 2.45) is 0 Å². The fourth-order valence-corrected chi connectivity index (χ4v) is 2.93. The normalized spacial score (nSPS) is 17.9. The Labute approximate surface area is 130 Å². The highest BCUT2D eigenvalue weighted by molar-refractivity contribution is 5.20. The van der Waals surface area contributed by atoms with Crippen molar-refractivity contribution in [2.45, 2.75) is 71.0 Å². The maximum absolute atomic E-state index is 3.75. The smallest absolute Gasteiger partial charge is 0.0475 e. The number of nitrogens with one attached hydrogen (secondary N) is 1. The van der Waals surface area contributed by atoms with Gasteiger partial charge < -0.3 is 5.32 Å². The van der Waals surface area contributed by atoms with Crippen molar-refractivity contribution in [3.05, 3.63) is 35.9 Å². The largest absolute Gasteiger partial charge is 0.312 e. The van der Waals surface area contributed by atoms with Gasteiger partial charge in [0.1, 0.15) is 0 Å². The van der Waals surface area contributed by atoms with Crippen molar-refractivity contribution in [1.82, 2.24) is 10.2 Å². The number of rotatable bonds is 10. The maximum atomic E-state index is 3.75. The van der Waals surface area contributed by atoms with Crippen molar-refractivity contribution < 1.29 is 0 Å². The van der Waals surface area contributed by atoms with Crippen LogP contribution in [0.1, 0.15) is 64.5 Å². The summed E-state index contributed by atoms with van der Waals surface area (Å²) in [7, 11) is 0. The standard InChI is InChI=1S/C19H32N2/c1-4-6-14-21(16(3)5-2)19(15-20-18-12-13-18)17-10-8-7-9-11-17/h7-11,16,18-20H,4-6,12-15H2,1-3H3. The average Bonchev–Trinajstić information content (AvgIpc) is 3.35. The van der Waals surface area contributed by atoms with E-state index in [-0.39, 0.29) is 0 Å². The van der Waals surface area contributed by atoms with Crippen molar-refractivity contribution in [3.63, 3.8) is 0 Å². The molecule has 1 fully saturated rings. The summed E-state index contributed by atoms with van der Waals surface area (Å²) in [5, 5.41) is 3.75. The highest BCUT2D eigenvalue weighted by atomic mass is 15.2. The molecule has 0 heterocycles. The minimum absolute atomic E-state index is 0.508. The van der Waals surface area contributed by atoms with Crippen LogP contribution >= 0.6 is 0 Å². The van der Waals surface area contributed by atoms with Gasteiger partial charge in [-0.05, 0) is 44.7 Å². The molecule has 1 aliphatic rings. The van der Waals surface area contributed by atoms with E-state index in [4.69, 9.17) is 0 Å². The molecule has 1 saturated carbocycles. The van der Waals surface area contributed by atoms with Gasteiger partial charge in [0.2, 0.25) is 0 Å². The molecule has 1 aliphatic carbocycles. The first kappa shape index (κ1) is 16.5. The van der Waals surface area contributed by atoms with Crippen LogP contribution in [0, 0.1) is 0 Å². The molecule has 1 N–H and O–H groups in total. The van der Waals surface area contributed by atoms with E-state index in [1.54, 1.807) is 0 Å². The molecule has 21 heavy (non-hydrogen) atoms. The van der Waals surface area contributed by atoms with Gasteiger partial charge in [0, 0.05) is 24.7 Å². The summed E-state index contributed by atoms with van der Waals surface area (Å²) in [6.07, 6.45) is 6.50. The van der Waals surface area contributed by atoms with E-state index in [1.165, 1.54) is 44.2 Å². The minimum atomic E-state index is 0.508. The zero-order valence-electron chi connectivity index (χ0n) is 14.0. The van der Waals surface area contributed by atoms with E-state index in [1.807, 2.05) is 0 Å². The van der Waals surface area contributed by atoms with E-state index in [0.717, 1.165) is 12.6 Å². The minimum Gasteiger partial charge on any atom is -0.312 e. The zero-order valence-corrected chi connectivity index (χ0v) is 14.0. The van der Waals surface area contributed by atoms with Crippen LogP contribution in [0.2, 0.25) is 0 Å². The summed E-state index contributed by atoms with van der Waals surface area (Å²) < 4.78 is 0. The monoisotopic (exact) mass is 288 g/mol. The molecular formula is C19H32N2. The van der Waals surface area contributed by atoms with Crippen LogP contribution in [-0.2, 0) is 0 Å². The highest BCUT2D eigenvalue weighted by Gasteiger charge is 2.27. The molecule has 1 aromatic rings. The molecule has 2 unspecified atom stereocenters. The van der Waals surface area contributed by atoms with Gasteiger partial charge in [-0.1, -0.05) is 50.6 Å². The first-order valence-electron chi connectivity index (χ1n) is 8.80. The van der Waals surface area contributed by atoms with Gasteiger partial charge in [0.05, 0.1) is 0 Å². The molecular weight excluding hydrogens is 256 g/mol. The number of benzene rings is 1. The number of nitrogens with zero attached hydrogens (tertiary/aromatic N) is 1. The third-order valence-electron chi connectivity index (χ3n) is 4.69. The highest BCUT2D eigenvalue weighted by Crippen LogP contribution is 2.26. The third kappa shape index (κ3) is 5.12. The summed E-state index contributed by atoms with van der Waals surface area (Å²) in [5.41, 5.74) is 1.46. The first-order valence-corrected chi connectivity index (χ1v) is 8.80. The summed E-state index contributed by atoms with van der Waals surface area (Å²) >= 11 is 0. The predicted molar refractivity (Wildman–Crippen MR) is 91.6 cm³/mol. The van der Waals surface area contributed by atoms with Crippen LogP contribution in [-0.4, -0.2) is 30.1 Å². The van der Waals surface area contributed by atoms with Crippen LogP contribution in [0.15, 0.2) is 30.3 Å². The van der Waals surface area contributed by atoms with E-state index in [2.05, 4.69) is 61.3 Å². The maximum Gasteiger partial charge on any atom is 0.0475 e. The second-order valence-corrected chi connectivity index (χ2v) is 6.46. The molecule has 0 aromatic heterocycles. The molecule has 2 nitrogen and oxygen atoms in total. The Morgan fingerprint density at radius 1 is 1.19 bits per heavy atom. The molecule has 0 bridgehead atoms. The van der Waals surface area contributed by atoms with Crippen molar-refractivity contribution in [3.8, 4) is 0 Å². The van der Waals surface area contributed by atoms with Crippen molar-refractivity contribution in [2.75, 3.05) is 13.1 Å². The Balaban J connectivity index is 2.12. The lowest BCUT2D eigenvalue weighted by molar-refractivity contribution is 0.134. The molecule has 118 valence electrons. The van der Waals surface area contributed by atoms with Crippen LogP contribution < -0.4 is 5.32 Å². The van der Waals surface area contributed by atoms with Gasteiger partial charge in [-0.2, -0.15) is 0 Å². The molecule has 2 heteroatoms. The fourth-order valence-electron chi connectivity index (χ4n) is 2.93. The predicted octanol–water partition coefficient (Wildman–Crippen LogP) is 4.38. The molecule has 1 aromatic carbocycles. The summed E-state index contributed by atoms with van der Waals surface area (Å²) in [6.45, 7) is 9.26. The molecule has 0 aliphatic heterocycles. The van der Waals surface area contributed by atoms with E-state index >= 15 is 0 Å². The first-order chi connectivity index (χ1) is 10.3. The molecule has 2 rings (SSSR count). The van der Waals surface area contributed by atoms with Crippen LogP contribution in [0.25, 0.3) is 0 Å². The quantitative estimate of drug-likeness (QED) is 0.687. The fraction of sp³-hybridized carbons (Fsp3) is 0.684. The van der Waals surface area contributed by atoms with Gasteiger partial charge in [0.15, 0.2) is 0 Å². The molecule has 0 amide bonds. The Bertz CT molecular complexity index is 386. The van der Waals surface area contributed by atoms with Crippen molar-refractivity contribution >= 4 is 0 Å². The summed E-state index contributed by atoms with van der Waals surface area (Å²) in [4.78, 5) is 2.72. The molecule has 0 saturated heterocycles. The topological polar surface area (TPSA) is 15.3 Å². The third-order valence-corrected chi connectivity index (χ3v) is 4.69.